The molecule has 0 aliphatic heterocycles. The van der Waals surface area contributed by atoms with Gasteiger partial charge in [-0.05, 0) is 38.5 Å². The molecule has 0 aliphatic rings. The minimum atomic E-state index is -1.10. The number of carboxylic acid groups (broad SMARTS) is 1. The second kappa shape index (κ2) is 8.25. The molecule has 6 nitrogen and oxygen atoms in total. The first-order chi connectivity index (χ1) is 11.1. The van der Waals surface area contributed by atoms with Crippen molar-refractivity contribution in [3.05, 3.63) is 29.8 Å². The van der Waals surface area contributed by atoms with E-state index in [-0.39, 0.29) is 13.0 Å². The number of terminal acetylenes is 1. The second-order valence-corrected chi connectivity index (χ2v) is 6.29. The van der Waals surface area contributed by atoms with E-state index in [0.29, 0.717) is 5.75 Å². The van der Waals surface area contributed by atoms with Gasteiger partial charge in [0.2, 0.25) is 0 Å². The predicted molar refractivity (Wildman–Crippen MR) is 89.9 cm³/mol. The Bertz CT molecular complexity index is 610. The number of nitrogens with zero attached hydrogens (tertiary/aromatic N) is 1. The van der Waals surface area contributed by atoms with E-state index >= 15 is 0 Å². The summed E-state index contributed by atoms with van der Waals surface area (Å²) >= 11 is 0. The van der Waals surface area contributed by atoms with E-state index in [1.807, 2.05) is 0 Å². The molecule has 6 heteroatoms. The number of rotatable bonds is 6. The van der Waals surface area contributed by atoms with Gasteiger partial charge >= 0.3 is 12.1 Å². The summed E-state index contributed by atoms with van der Waals surface area (Å²) in [6, 6.07) is 5.87. The molecule has 0 spiro atoms. The molecule has 0 bridgehead atoms. The van der Waals surface area contributed by atoms with E-state index in [0.717, 1.165) is 10.5 Å². The number of carbonyl (C=O) groups excluding carboxylic acids is 1. The van der Waals surface area contributed by atoms with E-state index in [1.165, 1.54) is 7.05 Å². The van der Waals surface area contributed by atoms with Gasteiger partial charge in [-0.25, -0.2) is 9.59 Å². The molecule has 0 aliphatic carbocycles. The summed E-state index contributed by atoms with van der Waals surface area (Å²) in [7, 11) is 1.41. The smallest absolute Gasteiger partial charge is 0.410 e. The van der Waals surface area contributed by atoms with Crippen molar-refractivity contribution in [2.24, 2.45) is 0 Å². The first-order valence-electron chi connectivity index (χ1n) is 7.48. The van der Waals surface area contributed by atoms with E-state index in [1.54, 1.807) is 45.0 Å². The maximum Gasteiger partial charge on any atom is 0.410 e. The van der Waals surface area contributed by atoms with Crippen LogP contribution >= 0.6 is 0 Å². The lowest BCUT2D eigenvalue weighted by Crippen LogP contribution is -2.46. The third-order valence-corrected chi connectivity index (χ3v) is 3.11. The third-order valence-electron chi connectivity index (χ3n) is 3.11. The van der Waals surface area contributed by atoms with Gasteiger partial charge in [0.05, 0.1) is 0 Å². The van der Waals surface area contributed by atoms with Crippen LogP contribution < -0.4 is 4.74 Å². The van der Waals surface area contributed by atoms with Crippen LogP contribution in [0.5, 0.6) is 5.75 Å². The topological polar surface area (TPSA) is 76.1 Å². The van der Waals surface area contributed by atoms with Crippen LogP contribution in [0.25, 0.3) is 0 Å². The first kappa shape index (κ1) is 19.4. The van der Waals surface area contributed by atoms with E-state index in [9.17, 15) is 14.7 Å². The number of amides is 1. The molecule has 0 heterocycles. The standard InChI is InChI=1S/C18H23NO5/c1-6-11-23-14-9-7-13(8-10-14)12-15(16(20)21)19(5)17(22)24-18(2,3)4/h1,7-10,15H,11-12H2,2-5H3,(H,20,21)/t15-/m1/s1. The van der Waals surface area contributed by atoms with Crippen molar-refractivity contribution in [2.45, 2.75) is 38.8 Å². The van der Waals surface area contributed by atoms with Crippen LogP contribution in [0.4, 0.5) is 4.79 Å². The van der Waals surface area contributed by atoms with Gasteiger partial charge in [0.15, 0.2) is 0 Å². The van der Waals surface area contributed by atoms with Crippen molar-refractivity contribution in [3.8, 4) is 18.1 Å². The van der Waals surface area contributed by atoms with Gasteiger partial charge in [-0.2, -0.15) is 0 Å². The largest absolute Gasteiger partial charge is 0.481 e. The van der Waals surface area contributed by atoms with Crippen LogP contribution in [0.2, 0.25) is 0 Å². The Balaban J connectivity index is 2.81. The summed E-state index contributed by atoms with van der Waals surface area (Å²) in [6.45, 7) is 5.34. The number of carbonyl (C=O) groups is 2. The molecular formula is C18H23NO5. The summed E-state index contributed by atoms with van der Waals surface area (Å²) in [6.07, 6.45) is 4.60. The number of aliphatic carboxylic acids is 1. The minimum Gasteiger partial charge on any atom is -0.481 e. The summed E-state index contributed by atoms with van der Waals surface area (Å²) in [4.78, 5) is 24.7. The zero-order valence-electron chi connectivity index (χ0n) is 14.4. The normalized spacial score (nSPS) is 12.0. The Labute approximate surface area is 142 Å². The summed E-state index contributed by atoms with van der Waals surface area (Å²) in [5.74, 6) is 1.87. The van der Waals surface area contributed by atoms with Crippen LogP contribution in [0.3, 0.4) is 0 Å². The zero-order chi connectivity index (χ0) is 18.3. The van der Waals surface area contributed by atoms with Crippen molar-refractivity contribution >= 4 is 12.1 Å². The SMILES string of the molecule is C#CCOc1ccc(C[C@H](C(=O)O)N(C)C(=O)OC(C)(C)C)cc1. The Morgan fingerprint density at radius 3 is 2.33 bits per heavy atom. The molecular weight excluding hydrogens is 310 g/mol. The Morgan fingerprint density at radius 1 is 1.29 bits per heavy atom. The van der Waals surface area contributed by atoms with Crippen molar-refractivity contribution in [1.82, 2.24) is 4.90 Å². The van der Waals surface area contributed by atoms with Gasteiger partial charge in [0.1, 0.15) is 24.0 Å². The zero-order valence-corrected chi connectivity index (χ0v) is 14.4. The number of benzene rings is 1. The van der Waals surface area contributed by atoms with Crippen molar-refractivity contribution < 1.29 is 24.2 Å². The van der Waals surface area contributed by atoms with Crippen LogP contribution in [0, 0.1) is 12.3 Å². The van der Waals surface area contributed by atoms with Crippen LogP contribution in [-0.2, 0) is 16.0 Å². The molecule has 130 valence electrons. The fourth-order valence-corrected chi connectivity index (χ4v) is 1.92. The lowest BCUT2D eigenvalue weighted by Gasteiger charge is -2.28. The van der Waals surface area contributed by atoms with E-state index < -0.39 is 23.7 Å². The highest BCUT2D eigenvalue weighted by atomic mass is 16.6. The Hall–Kier alpha value is -2.68. The molecule has 0 saturated heterocycles. The van der Waals surface area contributed by atoms with E-state index in [2.05, 4.69) is 5.92 Å². The van der Waals surface area contributed by atoms with Crippen LogP contribution in [-0.4, -0.2) is 47.4 Å². The van der Waals surface area contributed by atoms with Crippen molar-refractivity contribution in [1.29, 1.82) is 0 Å². The molecule has 0 saturated carbocycles. The fraction of sp³-hybridized carbons (Fsp3) is 0.444. The van der Waals surface area contributed by atoms with Gasteiger partial charge in [-0.15, -0.1) is 6.42 Å². The fourth-order valence-electron chi connectivity index (χ4n) is 1.92. The lowest BCUT2D eigenvalue weighted by atomic mass is 10.1. The first-order valence-corrected chi connectivity index (χ1v) is 7.48. The number of likely N-dealkylation sites (N-methyl/N-ethyl adjacent to an activating group) is 1. The van der Waals surface area contributed by atoms with Gasteiger partial charge in [-0.1, -0.05) is 18.1 Å². The minimum absolute atomic E-state index is 0.153. The van der Waals surface area contributed by atoms with Gasteiger partial charge in [0, 0.05) is 13.5 Å². The summed E-state index contributed by atoms with van der Waals surface area (Å²) in [5, 5.41) is 9.43. The molecule has 1 rings (SSSR count). The molecule has 1 aromatic carbocycles. The lowest BCUT2D eigenvalue weighted by molar-refractivity contribution is -0.142. The highest BCUT2D eigenvalue weighted by Gasteiger charge is 2.30. The third kappa shape index (κ3) is 6.21. The molecule has 1 amide bonds. The molecule has 24 heavy (non-hydrogen) atoms. The van der Waals surface area contributed by atoms with Crippen molar-refractivity contribution in [3.63, 3.8) is 0 Å². The molecule has 1 aromatic rings. The molecule has 1 N–H and O–H groups in total. The predicted octanol–water partition coefficient (Wildman–Crippen LogP) is 2.56. The van der Waals surface area contributed by atoms with Crippen LogP contribution in [0.1, 0.15) is 26.3 Å². The summed E-state index contributed by atoms with van der Waals surface area (Å²) < 4.78 is 10.5. The number of ether oxygens (including phenoxy) is 2. The molecule has 0 aromatic heterocycles. The molecule has 0 fully saturated rings. The summed E-state index contributed by atoms with van der Waals surface area (Å²) in [5.41, 5.74) is 0.0654. The van der Waals surface area contributed by atoms with E-state index in [4.69, 9.17) is 15.9 Å². The number of hydrogen-bond acceptors (Lipinski definition) is 4. The average molecular weight is 333 g/mol. The Kier molecular flexibility index (Phi) is 6.66. The van der Waals surface area contributed by atoms with Crippen molar-refractivity contribution in [2.75, 3.05) is 13.7 Å². The molecule has 1 atom stereocenters. The van der Waals surface area contributed by atoms with Crippen LogP contribution in [0.15, 0.2) is 24.3 Å². The van der Waals surface area contributed by atoms with Gasteiger partial charge < -0.3 is 14.6 Å². The Morgan fingerprint density at radius 2 is 1.88 bits per heavy atom. The molecule has 0 unspecified atom stereocenters. The maximum atomic E-state index is 12.1. The number of carboxylic acids is 1. The average Bonchev–Trinajstić information content (AvgIpc) is 2.49. The quantitative estimate of drug-likeness (QED) is 0.810. The number of hydrogen-bond donors (Lipinski definition) is 1. The maximum absolute atomic E-state index is 12.1. The monoisotopic (exact) mass is 333 g/mol. The van der Waals surface area contributed by atoms with Gasteiger partial charge in [0.25, 0.3) is 0 Å². The highest BCUT2D eigenvalue weighted by molar-refractivity contribution is 5.80. The van der Waals surface area contributed by atoms with Gasteiger partial charge in [-0.3, -0.25) is 4.90 Å². The highest BCUT2D eigenvalue weighted by Crippen LogP contribution is 2.17. The molecule has 0 radical (unpaired) electrons. The second-order valence-electron chi connectivity index (χ2n) is 6.29.